The fourth-order valence-corrected chi connectivity index (χ4v) is 8.70. The number of fused-ring (bicyclic) bond motifs is 3. The molecule has 3 fully saturated rings. The molecule has 7 rings (SSSR count). The molecule has 2 unspecified atom stereocenters. The van der Waals surface area contributed by atoms with E-state index < -0.39 is 11.5 Å². The fraction of sp³-hybridized carbons (Fsp3) is 0.630. The summed E-state index contributed by atoms with van der Waals surface area (Å²) in [7, 11) is 1.88. The third kappa shape index (κ3) is 4.25. The van der Waals surface area contributed by atoms with Crippen molar-refractivity contribution < 1.29 is 9.13 Å². The standard InChI is InChI=1S/C27H32ClFN10OS/c1-15(21-18(28)10-32-36-21)37(2)23-33-24(35-25(34-23)40-14-27-5-3-7-39(27)11-16(29)8-27)38-12-26(13-38)6-4-19-20(26)17(9-30)22(31)41-19/h10,15-16,18H,3-8,11-14,31H2,1-2H3/t15?,16-,18?,27+/m1/s1. The predicted octanol–water partition coefficient (Wildman–Crippen LogP) is 2.92. The number of aromatic nitrogens is 3. The molecule has 1 aliphatic carbocycles. The number of alkyl halides is 2. The zero-order valence-corrected chi connectivity index (χ0v) is 24.6. The lowest BCUT2D eigenvalue weighted by Crippen LogP contribution is -2.59. The van der Waals surface area contributed by atoms with Gasteiger partial charge < -0.3 is 20.3 Å². The molecule has 6 heterocycles. The monoisotopic (exact) mass is 598 g/mol. The summed E-state index contributed by atoms with van der Waals surface area (Å²) in [5.41, 5.74) is 8.15. The number of hydrogen-bond acceptors (Lipinski definition) is 12. The molecule has 0 amide bonds. The van der Waals surface area contributed by atoms with Gasteiger partial charge in [0.2, 0.25) is 11.9 Å². The Labute approximate surface area is 246 Å². The molecule has 0 radical (unpaired) electrons. The number of rotatable bonds is 7. The van der Waals surface area contributed by atoms with Crippen molar-refractivity contribution in [3.8, 4) is 12.1 Å². The number of halogens is 2. The van der Waals surface area contributed by atoms with E-state index in [0.29, 0.717) is 60.8 Å². The average Bonchev–Trinajstić information content (AvgIpc) is 3.72. The molecule has 0 bridgehead atoms. The summed E-state index contributed by atoms with van der Waals surface area (Å²) < 4.78 is 20.6. The molecule has 2 N–H and O–H groups in total. The summed E-state index contributed by atoms with van der Waals surface area (Å²) in [4.78, 5) is 21.7. The number of hydrogen-bond donors (Lipinski definition) is 1. The van der Waals surface area contributed by atoms with Gasteiger partial charge in [0.1, 0.15) is 29.2 Å². The quantitative estimate of drug-likeness (QED) is 0.478. The summed E-state index contributed by atoms with van der Waals surface area (Å²) in [6, 6.07) is 2.32. The average molecular weight is 599 g/mol. The zero-order chi connectivity index (χ0) is 28.5. The Bertz CT molecular complexity index is 1480. The van der Waals surface area contributed by atoms with Crippen LogP contribution in [-0.4, -0.2) is 94.7 Å². The number of aryl methyl sites for hydroxylation is 1. The first-order valence-corrected chi connectivity index (χ1v) is 15.3. The van der Waals surface area contributed by atoms with E-state index in [-0.39, 0.29) is 23.0 Å². The van der Waals surface area contributed by atoms with Crippen molar-refractivity contribution in [2.75, 3.05) is 55.4 Å². The summed E-state index contributed by atoms with van der Waals surface area (Å²) in [6.45, 7) is 5.00. The van der Waals surface area contributed by atoms with Gasteiger partial charge in [-0.3, -0.25) is 4.90 Å². The molecule has 4 aliphatic heterocycles. The summed E-state index contributed by atoms with van der Waals surface area (Å²) in [5.74, 6) is 0.935. The highest BCUT2D eigenvalue weighted by molar-refractivity contribution is 7.16. The van der Waals surface area contributed by atoms with Crippen molar-refractivity contribution in [2.24, 2.45) is 10.2 Å². The Hall–Kier alpha value is -3.08. The number of ether oxygens (including phenoxy) is 1. The van der Waals surface area contributed by atoms with Crippen LogP contribution in [0.3, 0.4) is 0 Å². The Morgan fingerprint density at radius 1 is 1.34 bits per heavy atom. The highest BCUT2D eigenvalue weighted by Gasteiger charge is 2.52. The first-order chi connectivity index (χ1) is 19.7. The summed E-state index contributed by atoms with van der Waals surface area (Å²) in [5, 5.41) is 18.2. The maximum atomic E-state index is 14.4. The molecule has 14 heteroatoms. The molecule has 1 spiro atoms. The van der Waals surface area contributed by atoms with Crippen molar-refractivity contribution in [1.82, 2.24) is 19.9 Å². The first-order valence-electron chi connectivity index (χ1n) is 14.0. The Morgan fingerprint density at radius 2 is 2.17 bits per heavy atom. The van der Waals surface area contributed by atoms with Crippen LogP contribution in [0.5, 0.6) is 6.01 Å². The minimum absolute atomic E-state index is 0.132. The lowest BCUT2D eigenvalue weighted by atomic mass is 9.74. The SMILES string of the molecule is CC(C1=NN=CC1Cl)N(C)c1nc(OC[C@@]23CCCN2C[C@H](F)C3)nc(N2CC3(CCc4sc(N)c(C#N)c43)C2)n1. The minimum Gasteiger partial charge on any atom is -0.461 e. The summed E-state index contributed by atoms with van der Waals surface area (Å²) in [6.07, 6.45) is 5.05. The number of nitriles is 1. The molecular formula is C27H32ClFN10OS. The topological polar surface area (TPSA) is 132 Å². The molecule has 2 aromatic rings. The largest absolute Gasteiger partial charge is 0.461 e. The van der Waals surface area contributed by atoms with Crippen molar-refractivity contribution >= 4 is 51.8 Å². The Morgan fingerprint density at radius 3 is 2.93 bits per heavy atom. The molecule has 2 aromatic heterocycles. The molecule has 216 valence electrons. The van der Waals surface area contributed by atoms with E-state index in [4.69, 9.17) is 32.0 Å². The number of nitrogens with two attached hydrogens (primary N) is 1. The normalized spacial score (nSPS) is 28.4. The van der Waals surface area contributed by atoms with Crippen LogP contribution in [0, 0.1) is 11.3 Å². The molecule has 5 aliphatic rings. The van der Waals surface area contributed by atoms with Gasteiger partial charge in [0.15, 0.2) is 0 Å². The van der Waals surface area contributed by atoms with E-state index >= 15 is 0 Å². The van der Waals surface area contributed by atoms with Crippen LogP contribution in [-0.2, 0) is 11.8 Å². The van der Waals surface area contributed by atoms with E-state index in [1.807, 2.05) is 18.9 Å². The van der Waals surface area contributed by atoms with Crippen molar-refractivity contribution in [2.45, 2.75) is 67.6 Å². The maximum absolute atomic E-state index is 14.4. The lowest BCUT2D eigenvalue weighted by molar-refractivity contribution is 0.107. The third-order valence-electron chi connectivity index (χ3n) is 9.55. The second-order valence-corrected chi connectivity index (χ2v) is 13.6. The first kappa shape index (κ1) is 26.8. The molecule has 4 atom stereocenters. The van der Waals surface area contributed by atoms with Crippen LogP contribution >= 0.6 is 22.9 Å². The van der Waals surface area contributed by atoms with E-state index in [1.165, 1.54) is 16.2 Å². The molecule has 41 heavy (non-hydrogen) atoms. The van der Waals surface area contributed by atoms with Crippen LogP contribution in [0.25, 0.3) is 0 Å². The predicted molar refractivity (Wildman–Crippen MR) is 157 cm³/mol. The fourth-order valence-electron chi connectivity index (χ4n) is 7.29. The van der Waals surface area contributed by atoms with Gasteiger partial charge in [0, 0.05) is 43.4 Å². The van der Waals surface area contributed by atoms with Crippen molar-refractivity contribution in [3.63, 3.8) is 0 Å². The van der Waals surface area contributed by atoms with Crippen LogP contribution < -0.4 is 20.3 Å². The third-order valence-corrected chi connectivity index (χ3v) is 11.0. The number of nitrogens with zero attached hydrogens (tertiary/aromatic N) is 9. The van der Waals surface area contributed by atoms with Gasteiger partial charge in [-0.15, -0.1) is 22.9 Å². The van der Waals surface area contributed by atoms with E-state index in [2.05, 4.69) is 31.1 Å². The van der Waals surface area contributed by atoms with Gasteiger partial charge in [0.05, 0.1) is 29.1 Å². The number of nitrogen functional groups attached to an aromatic ring is 1. The van der Waals surface area contributed by atoms with Gasteiger partial charge >= 0.3 is 6.01 Å². The van der Waals surface area contributed by atoms with Crippen molar-refractivity contribution in [3.05, 3.63) is 16.0 Å². The van der Waals surface area contributed by atoms with Gasteiger partial charge in [-0.1, -0.05) is 0 Å². The second kappa shape index (κ2) is 9.74. The molecule has 0 aromatic carbocycles. The van der Waals surface area contributed by atoms with Crippen molar-refractivity contribution in [1.29, 1.82) is 5.26 Å². The van der Waals surface area contributed by atoms with Gasteiger partial charge in [-0.05, 0) is 44.7 Å². The maximum Gasteiger partial charge on any atom is 0.323 e. The smallest absolute Gasteiger partial charge is 0.323 e. The van der Waals surface area contributed by atoms with Gasteiger partial charge in [-0.25, -0.2) is 4.39 Å². The van der Waals surface area contributed by atoms with Crippen LogP contribution in [0.4, 0.5) is 21.3 Å². The zero-order valence-electron chi connectivity index (χ0n) is 23.1. The second-order valence-electron chi connectivity index (χ2n) is 11.9. The van der Waals surface area contributed by atoms with E-state index in [1.54, 1.807) is 6.21 Å². The lowest BCUT2D eigenvalue weighted by Gasteiger charge is -2.48. The van der Waals surface area contributed by atoms with Crippen LogP contribution in [0.1, 0.15) is 48.6 Å². The minimum atomic E-state index is -0.841. The number of anilines is 3. The molecular weight excluding hydrogens is 567 g/mol. The van der Waals surface area contributed by atoms with E-state index in [9.17, 15) is 9.65 Å². The van der Waals surface area contributed by atoms with Crippen LogP contribution in [0.15, 0.2) is 10.2 Å². The Balaban J connectivity index is 1.17. The number of thiophene rings is 1. The molecule has 11 nitrogen and oxygen atoms in total. The Kier molecular flexibility index (Phi) is 6.37. The highest BCUT2D eigenvalue weighted by Crippen LogP contribution is 2.52. The van der Waals surface area contributed by atoms with Crippen LogP contribution in [0.2, 0.25) is 0 Å². The molecule has 3 saturated heterocycles. The highest BCUT2D eigenvalue weighted by atomic mass is 35.5. The van der Waals surface area contributed by atoms with Gasteiger partial charge in [-0.2, -0.15) is 30.4 Å². The van der Waals surface area contributed by atoms with E-state index in [0.717, 1.165) is 37.8 Å². The van der Waals surface area contributed by atoms with Gasteiger partial charge in [0.25, 0.3) is 0 Å². The molecule has 0 saturated carbocycles. The summed E-state index contributed by atoms with van der Waals surface area (Å²) >= 11 is 7.94.